The zero-order valence-electron chi connectivity index (χ0n) is 6.27. The maximum Gasteiger partial charge on any atom is -0.0325 e. The van der Waals surface area contributed by atoms with Gasteiger partial charge >= 0.3 is 0 Å². The molecule has 0 aromatic carbocycles. The van der Waals surface area contributed by atoms with Gasteiger partial charge in [-0.3, -0.25) is 0 Å². The molecule has 0 N–H and O–H groups in total. The molecule has 0 heteroatoms. The zero-order chi connectivity index (χ0) is 6.53. The van der Waals surface area contributed by atoms with Gasteiger partial charge in [-0.2, -0.15) is 0 Å². The predicted molar refractivity (Wildman–Crippen MR) is 41.4 cm³/mol. The van der Waals surface area contributed by atoms with Crippen molar-refractivity contribution in [3.05, 3.63) is 12.2 Å². The van der Waals surface area contributed by atoms with E-state index in [0.29, 0.717) is 0 Å². The van der Waals surface area contributed by atoms with Crippen LogP contribution in [0.1, 0.15) is 39.0 Å². The molecule has 0 nitrogen and oxygen atoms in total. The monoisotopic (exact) mass is 124 g/mol. The molecule has 0 aromatic heterocycles. The minimum Gasteiger partial charge on any atom is -0.0885 e. The lowest BCUT2D eigenvalue weighted by Crippen LogP contribution is -1.94. The molecule has 9 heavy (non-hydrogen) atoms. The van der Waals surface area contributed by atoms with Crippen LogP contribution < -0.4 is 0 Å². The Labute approximate surface area is 58.0 Å². The van der Waals surface area contributed by atoms with Crippen LogP contribution in [0.5, 0.6) is 0 Å². The van der Waals surface area contributed by atoms with Crippen molar-refractivity contribution in [2.75, 3.05) is 0 Å². The molecule has 0 amide bonds. The van der Waals surface area contributed by atoms with Gasteiger partial charge in [0.2, 0.25) is 0 Å². The maximum absolute atomic E-state index is 2.34. The first-order chi connectivity index (χ1) is 4.39. The van der Waals surface area contributed by atoms with Gasteiger partial charge in [-0.05, 0) is 25.2 Å². The van der Waals surface area contributed by atoms with E-state index in [4.69, 9.17) is 0 Å². The van der Waals surface area contributed by atoms with Gasteiger partial charge in [0.25, 0.3) is 0 Å². The molecule has 1 rings (SSSR count). The molecule has 0 fully saturated rings. The van der Waals surface area contributed by atoms with Crippen LogP contribution in [0, 0.1) is 5.92 Å². The molecule has 0 spiro atoms. The highest BCUT2D eigenvalue weighted by atomic mass is 14.1. The molecule has 0 bridgehead atoms. The fourth-order valence-corrected chi connectivity index (χ4v) is 1.32. The van der Waals surface area contributed by atoms with E-state index in [2.05, 4.69) is 19.1 Å². The highest BCUT2D eigenvalue weighted by molar-refractivity contribution is 4.84. The molecule has 0 radical (unpaired) electrons. The van der Waals surface area contributed by atoms with E-state index in [1.807, 2.05) is 0 Å². The van der Waals surface area contributed by atoms with Crippen LogP contribution in [-0.4, -0.2) is 0 Å². The third-order valence-electron chi connectivity index (χ3n) is 2.02. The van der Waals surface area contributed by atoms with Gasteiger partial charge in [0.1, 0.15) is 0 Å². The van der Waals surface area contributed by atoms with Crippen molar-refractivity contribution in [1.29, 1.82) is 0 Å². The molecule has 0 heterocycles. The van der Waals surface area contributed by atoms with E-state index in [1.54, 1.807) is 0 Å². The van der Waals surface area contributed by atoms with Gasteiger partial charge < -0.3 is 0 Å². The number of allylic oxidation sites excluding steroid dienone is 2. The summed E-state index contributed by atoms with van der Waals surface area (Å²) in [5, 5.41) is 0. The third kappa shape index (κ3) is 2.69. The van der Waals surface area contributed by atoms with Crippen molar-refractivity contribution >= 4 is 0 Å². The largest absolute Gasteiger partial charge is 0.0885 e. The van der Waals surface area contributed by atoms with E-state index >= 15 is 0 Å². The van der Waals surface area contributed by atoms with Crippen LogP contribution in [0.3, 0.4) is 0 Å². The van der Waals surface area contributed by atoms with Gasteiger partial charge in [-0.25, -0.2) is 0 Å². The summed E-state index contributed by atoms with van der Waals surface area (Å²) in [4.78, 5) is 0. The Balaban J connectivity index is 2.28. The summed E-state index contributed by atoms with van der Waals surface area (Å²) in [5.74, 6) is 0.932. The molecule has 52 valence electrons. The van der Waals surface area contributed by atoms with Crippen LogP contribution in [0.15, 0.2) is 12.2 Å². The van der Waals surface area contributed by atoms with Gasteiger partial charge in [0.15, 0.2) is 0 Å². The Morgan fingerprint density at radius 3 is 3.00 bits per heavy atom. The van der Waals surface area contributed by atoms with Crippen LogP contribution >= 0.6 is 0 Å². The molecule has 1 unspecified atom stereocenters. The lowest BCUT2D eigenvalue weighted by atomic mass is 9.97. The normalized spacial score (nSPS) is 29.2. The molecule has 0 aromatic rings. The summed E-state index contributed by atoms with van der Waals surface area (Å²) in [5.41, 5.74) is 0. The first kappa shape index (κ1) is 6.85. The highest BCUT2D eigenvalue weighted by Crippen LogP contribution is 2.16. The molecule has 0 saturated carbocycles. The standard InChI is InChI=1S/C9H16/c1-9-7-5-3-2-4-6-8-9/h3,5,9H,2,4,6-8H2,1H3. The van der Waals surface area contributed by atoms with E-state index in [1.165, 1.54) is 32.1 Å². The Hall–Kier alpha value is -0.260. The van der Waals surface area contributed by atoms with Crippen molar-refractivity contribution in [2.45, 2.75) is 39.0 Å². The van der Waals surface area contributed by atoms with Crippen molar-refractivity contribution in [1.82, 2.24) is 0 Å². The lowest BCUT2D eigenvalue weighted by Gasteiger charge is -2.09. The third-order valence-corrected chi connectivity index (χ3v) is 2.02. The minimum absolute atomic E-state index is 0.932. The SMILES string of the molecule is CC1CC=CCCCC1. The topological polar surface area (TPSA) is 0 Å². The smallest absolute Gasteiger partial charge is 0.0325 e. The Bertz CT molecular complexity index is 92.2. The quantitative estimate of drug-likeness (QED) is 0.435. The van der Waals surface area contributed by atoms with E-state index in [9.17, 15) is 0 Å². The van der Waals surface area contributed by atoms with Crippen LogP contribution in [-0.2, 0) is 0 Å². The van der Waals surface area contributed by atoms with Crippen molar-refractivity contribution in [3.8, 4) is 0 Å². The summed E-state index contributed by atoms with van der Waals surface area (Å²) >= 11 is 0. The molecular formula is C9H16. The second-order valence-corrected chi connectivity index (χ2v) is 3.10. The fourth-order valence-electron chi connectivity index (χ4n) is 1.32. The summed E-state index contributed by atoms with van der Waals surface area (Å²) in [6.45, 7) is 2.34. The van der Waals surface area contributed by atoms with E-state index in [-0.39, 0.29) is 0 Å². The average Bonchev–Trinajstić information content (AvgIpc) is 1.79. The molecule has 1 atom stereocenters. The second-order valence-electron chi connectivity index (χ2n) is 3.10. The molecule has 1 aliphatic rings. The lowest BCUT2D eigenvalue weighted by molar-refractivity contribution is 0.495. The summed E-state index contributed by atoms with van der Waals surface area (Å²) in [6.07, 6.45) is 11.6. The first-order valence-corrected chi connectivity index (χ1v) is 4.04. The van der Waals surface area contributed by atoms with Crippen molar-refractivity contribution < 1.29 is 0 Å². The van der Waals surface area contributed by atoms with Gasteiger partial charge in [-0.1, -0.05) is 31.9 Å². The predicted octanol–water partition coefficient (Wildman–Crippen LogP) is 3.14. The minimum atomic E-state index is 0.932. The molecular weight excluding hydrogens is 108 g/mol. The van der Waals surface area contributed by atoms with Crippen LogP contribution in [0.2, 0.25) is 0 Å². The number of hydrogen-bond donors (Lipinski definition) is 0. The van der Waals surface area contributed by atoms with E-state index < -0.39 is 0 Å². The Morgan fingerprint density at radius 1 is 1.22 bits per heavy atom. The van der Waals surface area contributed by atoms with Crippen LogP contribution in [0.25, 0.3) is 0 Å². The highest BCUT2D eigenvalue weighted by Gasteiger charge is 2.00. The summed E-state index contributed by atoms with van der Waals surface area (Å²) in [6, 6.07) is 0. The molecule has 0 saturated heterocycles. The fraction of sp³-hybridized carbons (Fsp3) is 0.778. The summed E-state index contributed by atoms with van der Waals surface area (Å²) in [7, 11) is 0. The number of hydrogen-bond acceptors (Lipinski definition) is 0. The maximum atomic E-state index is 2.34. The van der Waals surface area contributed by atoms with Gasteiger partial charge in [0, 0.05) is 0 Å². The Kier molecular flexibility index (Phi) is 2.82. The average molecular weight is 124 g/mol. The Morgan fingerprint density at radius 2 is 2.11 bits per heavy atom. The second kappa shape index (κ2) is 3.71. The zero-order valence-corrected chi connectivity index (χ0v) is 6.27. The van der Waals surface area contributed by atoms with Gasteiger partial charge in [-0.15, -0.1) is 0 Å². The van der Waals surface area contributed by atoms with Crippen molar-refractivity contribution in [2.24, 2.45) is 5.92 Å². The first-order valence-electron chi connectivity index (χ1n) is 4.04. The van der Waals surface area contributed by atoms with Gasteiger partial charge in [0.05, 0.1) is 0 Å². The molecule has 1 aliphatic carbocycles. The van der Waals surface area contributed by atoms with E-state index in [0.717, 1.165) is 5.92 Å². The van der Waals surface area contributed by atoms with Crippen LogP contribution in [0.4, 0.5) is 0 Å². The number of rotatable bonds is 0. The molecule has 0 aliphatic heterocycles. The van der Waals surface area contributed by atoms with Crippen molar-refractivity contribution in [3.63, 3.8) is 0 Å². The summed E-state index contributed by atoms with van der Waals surface area (Å²) < 4.78 is 0.